The molecule has 0 unspecified atom stereocenters. The van der Waals surface area contributed by atoms with Crippen molar-refractivity contribution in [3.05, 3.63) is 12.2 Å². The molecule has 92 valence electrons. The summed E-state index contributed by atoms with van der Waals surface area (Å²) in [6, 6.07) is 0. The molecule has 0 rings (SSSR count). The van der Waals surface area contributed by atoms with Crippen LogP contribution in [0.5, 0.6) is 0 Å². The van der Waals surface area contributed by atoms with Gasteiger partial charge < -0.3 is 9.84 Å². The maximum absolute atomic E-state index is 11.5. The summed E-state index contributed by atoms with van der Waals surface area (Å²) in [6.07, 6.45) is -0.386. The lowest BCUT2D eigenvalue weighted by Crippen LogP contribution is -2.30. The van der Waals surface area contributed by atoms with Crippen LogP contribution in [0.3, 0.4) is 0 Å². The lowest BCUT2D eigenvalue weighted by atomic mass is 9.83. The summed E-state index contributed by atoms with van der Waals surface area (Å²) in [5, 5.41) is 8.55. The van der Waals surface area contributed by atoms with Crippen LogP contribution in [0.4, 0.5) is 4.79 Å². The third-order valence-corrected chi connectivity index (χ3v) is 2.66. The van der Waals surface area contributed by atoms with E-state index in [0.29, 0.717) is 5.57 Å². The number of carbonyl (C=O) groups is 2. The second-order valence-electron chi connectivity index (χ2n) is 4.26. The van der Waals surface area contributed by atoms with E-state index < -0.39 is 12.1 Å². The first-order valence-electron chi connectivity index (χ1n) is 5.03. The highest BCUT2D eigenvalue weighted by molar-refractivity contribution is 5.89. The number of amides is 1. The van der Waals surface area contributed by atoms with Crippen molar-refractivity contribution < 1.29 is 19.4 Å². The molecule has 0 aliphatic heterocycles. The highest BCUT2D eigenvalue weighted by atomic mass is 16.5. The fourth-order valence-corrected chi connectivity index (χ4v) is 0.787. The van der Waals surface area contributed by atoms with E-state index >= 15 is 0 Å². The van der Waals surface area contributed by atoms with Crippen molar-refractivity contribution in [3.8, 4) is 0 Å². The van der Waals surface area contributed by atoms with Gasteiger partial charge >= 0.3 is 12.1 Å². The van der Waals surface area contributed by atoms with Crippen molar-refractivity contribution in [2.45, 2.75) is 27.2 Å². The van der Waals surface area contributed by atoms with Crippen LogP contribution in [0, 0.1) is 5.41 Å². The van der Waals surface area contributed by atoms with Gasteiger partial charge in [-0.2, -0.15) is 0 Å². The number of carboxylic acid groups (broad SMARTS) is 1. The molecule has 0 aromatic carbocycles. The SMILES string of the molecule is C=C(C(=O)OCN(C)C(=O)O)C(C)(C)CC. The molecular formula is C11H19NO4. The molecule has 0 aromatic heterocycles. The van der Waals surface area contributed by atoms with Gasteiger partial charge in [0, 0.05) is 12.6 Å². The summed E-state index contributed by atoms with van der Waals surface area (Å²) in [6.45, 7) is 9.11. The molecule has 5 heteroatoms. The number of ether oxygens (including phenoxy) is 1. The Labute approximate surface area is 95.7 Å². The summed E-state index contributed by atoms with van der Waals surface area (Å²) in [4.78, 5) is 22.9. The Morgan fingerprint density at radius 3 is 2.31 bits per heavy atom. The van der Waals surface area contributed by atoms with Gasteiger partial charge in [-0.15, -0.1) is 0 Å². The Hall–Kier alpha value is -1.52. The summed E-state index contributed by atoms with van der Waals surface area (Å²) in [5.41, 5.74) is 0.0209. The minimum Gasteiger partial charge on any atom is -0.465 e. The van der Waals surface area contributed by atoms with Crippen LogP contribution in [-0.2, 0) is 9.53 Å². The monoisotopic (exact) mass is 229 g/mol. The molecule has 0 fully saturated rings. The number of hydrogen-bond acceptors (Lipinski definition) is 3. The first-order valence-corrected chi connectivity index (χ1v) is 5.03. The van der Waals surface area contributed by atoms with Crippen LogP contribution in [0.2, 0.25) is 0 Å². The standard InChI is InChI=1S/C11H19NO4/c1-6-11(3,4)8(2)9(13)16-7-12(5)10(14)15/h2,6-7H2,1,3-5H3,(H,14,15). The van der Waals surface area contributed by atoms with Crippen molar-refractivity contribution in [1.29, 1.82) is 0 Å². The lowest BCUT2D eigenvalue weighted by Gasteiger charge is -2.24. The fraction of sp³-hybridized carbons (Fsp3) is 0.636. The number of nitrogens with zero attached hydrogens (tertiary/aromatic N) is 1. The topological polar surface area (TPSA) is 66.8 Å². The summed E-state index contributed by atoms with van der Waals surface area (Å²) in [7, 11) is 1.32. The van der Waals surface area contributed by atoms with Gasteiger partial charge in [0.05, 0.1) is 0 Å². The van der Waals surface area contributed by atoms with Crippen molar-refractivity contribution in [1.82, 2.24) is 4.90 Å². The molecular weight excluding hydrogens is 210 g/mol. The van der Waals surface area contributed by atoms with E-state index in [1.165, 1.54) is 7.05 Å². The molecule has 0 aliphatic rings. The predicted octanol–water partition coefficient (Wildman–Crippen LogP) is 2.09. The lowest BCUT2D eigenvalue weighted by molar-refractivity contribution is -0.143. The molecule has 1 amide bonds. The molecule has 0 aromatic rings. The smallest absolute Gasteiger partial charge is 0.409 e. The second-order valence-corrected chi connectivity index (χ2v) is 4.26. The average Bonchev–Trinajstić information content (AvgIpc) is 2.23. The fourth-order valence-electron chi connectivity index (χ4n) is 0.787. The van der Waals surface area contributed by atoms with Crippen LogP contribution < -0.4 is 0 Å². The van der Waals surface area contributed by atoms with Gasteiger partial charge in [0.2, 0.25) is 0 Å². The zero-order chi connectivity index (χ0) is 12.9. The number of rotatable bonds is 5. The molecule has 16 heavy (non-hydrogen) atoms. The van der Waals surface area contributed by atoms with Crippen LogP contribution in [-0.4, -0.2) is 35.8 Å². The maximum Gasteiger partial charge on any atom is 0.409 e. The maximum atomic E-state index is 11.5. The van der Waals surface area contributed by atoms with Crippen molar-refractivity contribution >= 4 is 12.1 Å². The second kappa shape index (κ2) is 5.53. The normalized spacial score (nSPS) is 10.8. The van der Waals surface area contributed by atoms with E-state index in [1.807, 2.05) is 20.8 Å². The molecule has 0 atom stereocenters. The first kappa shape index (κ1) is 14.5. The molecule has 0 aliphatic carbocycles. The molecule has 0 radical (unpaired) electrons. The van der Waals surface area contributed by atoms with Gasteiger partial charge in [-0.1, -0.05) is 27.4 Å². The predicted molar refractivity (Wildman–Crippen MR) is 60.0 cm³/mol. The van der Waals surface area contributed by atoms with Crippen LogP contribution >= 0.6 is 0 Å². The average molecular weight is 229 g/mol. The Morgan fingerprint density at radius 2 is 1.94 bits per heavy atom. The first-order chi connectivity index (χ1) is 7.22. The largest absolute Gasteiger partial charge is 0.465 e. The van der Waals surface area contributed by atoms with E-state index in [2.05, 4.69) is 6.58 Å². The molecule has 0 spiro atoms. The molecule has 1 N–H and O–H groups in total. The molecule has 0 saturated heterocycles. The zero-order valence-corrected chi connectivity index (χ0v) is 10.2. The third-order valence-electron chi connectivity index (χ3n) is 2.66. The summed E-state index contributed by atoms with van der Waals surface area (Å²) < 4.78 is 4.82. The van der Waals surface area contributed by atoms with Gasteiger partial charge in [0.1, 0.15) is 0 Å². The van der Waals surface area contributed by atoms with Gasteiger partial charge in [-0.3, -0.25) is 4.90 Å². The van der Waals surface area contributed by atoms with Gasteiger partial charge in [0.15, 0.2) is 6.73 Å². The highest BCUT2D eigenvalue weighted by Gasteiger charge is 2.26. The number of hydrogen-bond donors (Lipinski definition) is 1. The molecule has 0 heterocycles. The molecule has 0 bridgehead atoms. The molecule has 5 nitrogen and oxygen atoms in total. The van der Waals surface area contributed by atoms with Gasteiger partial charge in [-0.25, -0.2) is 9.59 Å². The third kappa shape index (κ3) is 3.92. The van der Waals surface area contributed by atoms with E-state index in [0.717, 1.165) is 11.3 Å². The van der Waals surface area contributed by atoms with Crippen LogP contribution in [0.25, 0.3) is 0 Å². The van der Waals surface area contributed by atoms with E-state index in [4.69, 9.17) is 9.84 Å². The summed E-state index contributed by atoms with van der Waals surface area (Å²) >= 11 is 0. The Morgan fingerprint density at radius 1 is 1.44 bits per heavy atom. The van der Waals surface area contributed by atoms with Gasteiger partial charge in [-0.05, 0) is 11.8 Å². The van der Waals surface area contributed by atoms with Gasteiger partial charge in [0.25, 0.3) is 0 Å². The van der Waals surface area contributed by atoms with Crippen molar-refractivity contribution in [2.24, 2.45) is 5.41 Å². The Balaban J connectivity index is 4.28. The van der Waals surface area contributed by atoms with Crippen molar-refractivity contribution in [2.75, 3.05) is 13.8 Å². The zero-order valence-electron chi connectivity index (χ0n) is 10.2. The minimum absolute atomic E-state index is 0.285. The van der Waals surface area contributed by atoms with E-state index in [1.54, 1.807) is 0 Å². The molecule has 0 saturated carbocycles. The summed E-state index contributed by atoms with van der Waals surface area (Å²) in [5.74, 6) is -0.556. The quantitative estimate of drug-likeness (QED) is 0.445. The van der Waals surface area contributed by atoms with E-state index in [-0.39, 0.29) is 12.1 Å². The van der Waals surface area contributed by atoms with Crippen LogP contribution in [0.1, 0.15) is 27.2 Å². The number of esters is 1. The van der Waals surface area contributed by atoms with Crippen molar-refractivity contribution in [3.63, 3.8) is 0 Å². The Bertz CT molecular complexity index is 296. The van der Waals surface area contributed by atoms with Crippen LogP contribution in [0.15, 0.2) is 12.2 Å². The number of carbonyl (C=O) groups excluding carboxylic acids is 1. The minimum atomic E-state index is -1.15. The van der Waals surface area contributed by atoms with E-state index in [9.17, 15) is 9.59 Å². The Kier molecular flexibility index (Phi) is 5.01. The highest BCUT2D eigenvalue weighted by Crippen LogP contribution is 2.29.